The van der Waals surface area contributed by atoms with Crippen LogP contribution in [0, 0.1) is 8.99 Å². The maximum atomic E-state index is 12.5. The quantitative estimate of drug-likeness (QED) is 0.596. The van der Waals surface area contributed by atoms with Crippen LogP contribution in [0.25, 0.3) is 0 Å². The molecule has 1 aliphatic rings. The SMILES string of the molecule is CCC1(CC)CC(=O)N(CC(=O)Nc2ccc(I)cc2)C1=O. The Hall–Kier alpha value is -1.44. The van der Waals surface area contributed by atoms with Gasteiger partial charge >= 0.3 is 0 Å². The van der Waals surface area contributed by atoms with Crippen LogP contribution in [0.4, 0.5) is 5.69 Å². The summed E-state index contributed by atoms with van der Waals surface area (Å²) in [6.07, 6.45) is 1.43. The summed E-state index contributed by atoms with van der Waals surface area (Å²) in [7, 11) is 0. The van der Waals surface area contributed by atoms with E-state index in [0.717, 1.165) is 8.47 Å². The standard InChI is InChI=1S/C16H19IN2O3/c1-3-16(4-2)9-14(21)19(15(16)22)10-13(20)18-12-7-5-11(17)6-8-12/h5-8H,3-4,9-10H2,1-2H3,(H,18,20). The highest BCUT2D eigenvalue weighted by Crippen LogP contribution is 2.38. The van der Waals surface area contributed by atoms with Crippen molar-refractivity contribution in [3.63, 3.8) is 0 Å². The van der Waals surface area contributed by atoms with Crippen LogP contribution in [-0.4, -0.2) is 29.2 Å². The number of hydrogen-bond acceptors (Lipinski definition) is 3. The van der Waals surface area contributed by atoms with E-state index in [-0.39, 0.29) is 30.7 Å². The lowest BCUT2D eigenvalue weighted by Gasteiger charge is -2.23. The largest absolute Gasteiger partial charge is 0.325 e. The number of halogens is 1. The van der Waals surface area contributed by atoms with Crippen LogP contribution in [0.1, 0.15) is 33.1 Å². The van der Waals surface area contributed by atoms with Crippen LogP contribution in [0.5, 0.6) is 0 Å². The smallest absolute Gasteiger partial charge is 0.244 e. The van der Waals surface area contributed by atoms with E-state index in [9.17, 15) is 14.4 Å². The number of nitrogens with zero attached hydrogens (tertiary/aromatic N) is 1. The molecule has 1 fully saturated rings. The highest BCUT2D eigenvalue weighted by atomic mass is 127. The molecule has 0 aliphatic carbocycles. The van der Waals surface area contributed by atoms with Crippen molar-refractivity contribution in [3.8, 4) is 0 Å². The van der Waals surface area contributed by atoms with Gasteiger partial charge in [0.05, 0.1) is 5.41 Å². The molecular weight excluding hydrogens is 395 g/mol. The van der Waals surface area contributed by atoms with E-state index in [1.54, 1.807) is 12.1 Å². The Labute approximate surface area is 143 Å². The molecule has 0 spiro atoms. The lowest BCUT2D eigenvalue weighted by Crippen LogP contribution is -2.40. The summed E-state index contributed by atoms with van der Waals surface area (Å²) in [5.41, 5.74) is 0.0296. The third-order valence-electron chi connectivity index (χ3n) is 4.27. The summed E-state index contributed by atoms with van der Waals surface area (Å²) in [6.45, 7) is 3.60. The Morgan fingerprint density at radius 3 is 2.32 bits per heavy atom. The molecule has 5 nitrogen and oxygen atoms in total. The maximum Gasteiger partial charge on any atom is 0.244 e. The molecule has 0 bridgehead atoms. The van der Waals surface area contributed by atoms with E-state index < -0.39 is 5.41 Å². The van der Waals surface area contributed by atoms with Gasteiger partial charge in [0.1, 0.15) is 6.54 Å². The molecule has 6 heteroatoms. The molecule has 0 atom stereocenters. The Bertz CT molecular complexity index is 594. The summed E-state index contributed by atoms with van der Waals surface area (Å²) in [5, 5.41) is 2.71. The average Bonchev–Trinajstić information content (AvgIpc) is 2.74. The van der Waals surface area contributed by atoms with Crippen molar-refractivity contribution >= 4 is 46.0 Å². The minimum absolute atomic E-state index is 0.204. The second-order valence-electron chi connectivity index (χ2n) is 5.50. The second-order valence-corrected chi connectivity index (χ2v) is 6.75. The Morgan fingerprint density at radius 2 is 1.82 bits per heavy atom. The predicted molar refractivity (Wildman–Crippen MR) is 92.1 cm³/mol. The minimum Gasteiger partial charge on any atom is -0.325 e. The zero-order chi connectivity index (χ0) is 16.3. The van der Waals surface area contributed by atoms with E-state index in [1.165, 1.54) is 0 Å². The molecule has 0 aromatic heterocycles. The van der Waals surface area contributed by atoms with Gasteiger partial charge in [-0.25, -0.2) is 0 Å². The van der Waals surface area contributed by atoms with Crippen LogP contribution in [-0.2, 0) is 14.4 Å². The van der Waals surface area contributed by atoms with Gasteiger partial charge in [-0.2, -0.15) is 0 Å². The molecular formula is C16H19IN2O3. The third-order valence-corrected chi connectivity index (χ3v) is 4.99. The number of benzene rings is 1. The average molecular weight is 414 g/mol. The fourth-order valence-electron chi connectivity index (χ4n) is 2.70. The number of anilines is 1. The van der Waals surface area contributed by atoms with Gasteiger partial charge in [0, 0.05) is 15.7 Å². The first-order valence-electron chi connectivity index (χ1n) is 7.32. The molecule has 0 unspecified atom stereocenters. The van der Waals surface area contributed by atoms with Gasteiger partial charge in [-0.3, -0.25) is 19.3 Å². The first-order chi connectivity index (χ1) is 10.4. The van der Waals surface area contributed by atoms with Gasteiger partial charge in [0.15, 0.2) is 0 Å². The molecule has 1 aromatic rings. The predicted octanol–water partition coefficient (Wildman–Crippen LogP) is 2.80. The first kappa shape index (κ1) is 16.9. The Balaban J connectivity index is 2.04. The number of amides is 3. The molecule has 0 radical (unpaired) electrons. The molecule has 118 valence electrons. The van der Waals surface area contributed by atoms with Crippen LogP contribution >= 0.6 is 22.6 Å². The van der Waals surface area contributed by atoms with Crippen LogP contribution in [0.2, 0.25) is 0 Å². The van der Waals surface area contributed by atoms with Crippen molar-refractivity contribution in [1.82, 2.24) is 4.90 Å². The van der Waals surface area contributed by atoms with Gasteiger partial charge < -0.3 is 5.32 Å². The summed E-state index contributed by atoms with van der Waals surface area (Å²) in [5.74, 6) is -0.836. The van der Waals surface area contributed by atoms with Gasteiger partial charge in [-0.1, -0.05) is 13.8 Å². The fraction of sp³-hybridized carbons (Fsp3) is 0.438. The zero-order valence-electron chi connectivity index (χ0n) is 12.7. The second kappa shape index (κ2) is 6.76. The third kappa shape index (κ3) is 3.31. The molecule has 1 aromatic carbocycles. The van der Waals surface area contributed by atoms with Gasteiger partial charge in [-0.15, -0.1) is 0 Å². The zero-order valence-corrected chi connectivity index (χ0v) is 14.8. The molecule has 2 rings (SSSR count). The molecule has 0 saturated carbocycles. The minimum atomic E-state index is -0.625. The molecule has 1 aliphatic heterocycles. The van der Waals surface area contributed by atoms with Gasteiger partial charge in [-0.05, 0) is 59.7 Å². The highest BCUT2D eigenvalue weighted by Gasteiger charge is 2.49. The van der Waals surface area contributed by atoms with Crippen molar-refractivity contribution in [2.24, 2.45) is 5.41 Å². The van der Waals surface area contributed by atoms with Crippen LogP contribution in [0.15, 0.2) is 24.3 Å². The normalized spacial score (nSPS) is 17.0. The van der Waals surface area contributed by atoms with Crippen LogP contribution in [0.3, 0.4) is 0 Å². The van der Waals surface area contributed by atoms with Crippen molar-refractivity contribution in [2.75, 3.05) is 11.9 Å². The molecule has 1 heterocycles. The topological polar surface area (TPSA) is 66.5 Å². The van der Waals surface area contributed by atoms with Crippen molar-refractivity contribution < 1.29 is 14.4 Å². The van der Waals surface area contributed by atoms with Crippen molar-refractivity contribution in [2.45, 2.75) is 33.1 Å². The number of imide groups is 1. The lowest BCUT2D eigenvalue weighted by atomic mass is 9.81. The van der Waals surface area contributed by atoms with E-state index in [1.807, 2.05) is 26.0 Å². The number of hydrogen-bond donors (Lipinski definition) is 1. The van der Waals surface area contributed by atoms with E-state index in [4.69, 9.17) is 0 Å². The summed E-state index contributed by atoms with van der Waals surface area (Å²) in [4.78, 5) is 37.7. The maximum absolute atomic E-state index is 12.5. The number of likely N-dealkylation sites (tertiary alicyclic amines) is 1. The summed E-state index contributed by atoms with van der Waals surface area (Å²) >= 11 is 2.18. The summed E-state index contributed by atoms with van der Waals surface area (Å²) < 4.78 is 1.07. The van der Waals surface area contributed by atoms with E-state index >= 15 is 0 Å². The molecule has 1 saturated heterocycles. The van der Waals surface area contributed by atoms with Gasteiger partial charge in [0.2, 0.25) is 17.7 Å². The van der Waals surface area contributed by atoms with Gasteiger partial charge in [0.25, 0.3) is 0 Å². The number of carbonyl (C=O) groups is 3. The van der Waals surface area contributed by atoms with Crippen LogP contribution < -0.4 is 5.32 Å². The molecule has 22 heavy (non-hydrogen) atoms. The lowest BCUT2D eigenvalue weighted by molar-refractivity contribution is -0.144. The fourth-order valence-corrected chi connectivity index (χ4v) is 3.06. The highest BCUT2D eigenvalue weighted by molar-refractivity contribution is 14.1. The first-order valence-corrected chi connectivity index (χ1v) is 8.40. The van der Waals surface area contributed by atoms with Crippen molar-refractivity contribution in [1.29, 1.82) is 0 Å². The van der Waals surface area contributed by atoms with Crippen molar-refractivity contribution in [3.05, 3.63) is 27.8 Å². The number of nitrogens with one attached hydrogen (secondary N) is 1. The Morgan fingerprint density at radius 1 is 1.23 bits per heavy atom. The Kier molecular flexibility index (Phi) is 5.20. The molecule has 3 amide bonds. The van der Waals surface area contributed by atoms with E-state index in [0.29, 0.717) is 18.5 Å². The number of rotatable bonds is 5. The van der Waals surface area contributed by atoms with E-state index in [2.05, 4.69) is 27.9 Å². The molecule has 1 N–H and O–H groups in total. The number of carbonyl (C=O) groups excluding carboxylic acids is 3. The summed E-state index contributed by atoms with van der Waals surface area (Å²) in [6, 6.07) is 7.33. The monoisotopic (exact) mass is 414 g/mol.